The Hall–Kier alpha value is -2.06. The van der Waals surface area contributed by atoms with Crippen LogP contribution in [0.1, 0.15) is 25.2 Å². The van der Waals surface area contributed by atoms with E-state index in [0.29, 0.717) is 12.2 Å². The topological polar surface area (TPSA) is 121 Å². The summed E-state index contributed by atoms with van der Waals surface area (Å²) in [6.07, 6.45) is 3.73. The van der Waals surface area contributed by atoms with Crippen molar-refractivity contribution in [3.05, 3.63) is 36.4 Å². The van der Waals surface area contributed by atoms with Crippen molar-refractivity contribution in [2.75, 3.05) is 5.73 Å². The van der Waals surface area contributed by atoms with Gasteiger partial charge in [-0.15, -0.1) is 0 Å². The maximum absolute atomic E-state index is 12.3. The predicted molar refractivity (Wildman–Crippen MR) is 74.5 cm³/mol. The van der Waals surface area contributed by atoms with Gasteiger partial charge < -0.3 is 15.8 Å². The van der Waals surface area contributed by atoms with Gasteiger partial charge in [0.2, 0.25) is 10.0 Å². The van der Waals surface area contributed by atoms with Gasteiger partial charge in [-0.3, -0.25) is 0 Å². The Kier molecular flexibility index (Phi) is 3.96. The van der Waals surface area contributed by atoms with Crippen LogP contribution in [0.15, 0.2) is 35.5 Å². The molecule has 1 atom stereocenters. The number of aromatic amines is 1. The first kappa shape index (κ1) is 14.4. The molecule has 0 aliphatic carbocycles. The number of rotatable bonds is 5. The lowest BCUT2D eigenvalue weighted by molar-refractivity contribution is 0.477. The maximum Gasteiger partial charge on any atom is 0.241 e. The zero-order valence-electron chi connectivity index (χ0n) is 10.9. The van der Waals surface area contributed by atoms with E-state index in [4.69, 9.17) is 5.73 Å². The molecule has 2 aromatic rings. The number of phenolic OH excluding ortho intramolecular Hbond substituents is 1. The van der Waals surface area contributed by atoms with Crippen molar-refractivity contribution in [1.29, 1.82) is 0 Å². The molecular weight excluding hydrogens is 280 g/mol. The minimum atomic E-state index is -3.74. The Balaban J connectivity index is 2.28. The number of nitrogen functional groups attached to an aromatic ring is 1. The molecule has 2 rings (SSSR count). The lowest BCUT2D eigenvalue weighted by Gasteiger charge is -2.15. The third-order valence-corrected chi connectivity index (χ3v) is 4.33. The van der Waals surface area contributed by atoms with Crippen LogP contribution in [0.5, 0.6) is 5.75 Å². The summed E-state index contributed by atoms with van der Waals surface area (Å²) in [6, 6.07) is 3.30. The van der Waals surface area contributed by atoms with Crippen molar-refractivity contribution < 1.29 is 13.5 Å². The van der Waals surface area contributed by atoms with E-state index in [9.17, 15) is 13.5 Å². The van der Waals surface area contributed by atoms with Crippen molar-refractivity contribution >= 4 is 15.7 Å². The second-order valence-electron chi connectivity index (χ2n) is 4.28. The molecular formula is C12H16N4O3S. The molecule has 0 amide bonds. The molecule has 1 unspecified atom stereocenters. The molecule has 20 heavy (non-hydrogen) atoms. The van der Waals surface area contributed by atoms with E-state index in [1.807, 2.05) is 6.92 Å². The smallest absolute Gasteiger partial charge is 0.241 e. The molecule has 0 aliphatic heterocycles. The van der Waals surface area contributed by atoms with E-state index in [-0.39, 0.29) is 16.3 Å². The first-order chi connectivity index (χ1) is 9.44. The van der Waals surface area contributed by atoms with Crippen LogP contribution in [0, 0.1) is 0 Å². The lowest BCUT2D eigenvalue weighted by Crippen LogP contribution is -2.29. The molecule has 108 valence electrons. The number of nitrogens with zero attached hydrogens (tertiary/aromatic N) is 1. The maximum atomic E-state index is 12.3. The molecule has 0 saturated heterocycles. The first-order valence-electron chi connectivity index (χ1n) is 6.04. The van der Waals surface area contributed by atoms with E-state index in [0.717, 1.165) is 0 Å². The number of benzene rings is 1. The van der Waals surface area contributed by atoms with Crippen molar-refractivity contribution in [2.24, 2.45) is 0 Å². The molecule has 0 spiro atoms. The van der Waals surface area contributed by atoms with Gasteiger partial charge in [-0.1, -0.05) is 6.92 Å². The van der Waals surface area contributed by atoms with Crippen molar-refractivity contribution in [3.63, 3.8) is 0 Å². The summed E-state index contributed by atoms with van der Waals surface area (Å²) in [7, 11) is -3.74. The Morgan fingerprint density at radius 2 is 2.25 bits per heavy atom. The molecule has 0 bridgehead atoms. The van der Waals surface area contributed by atoms with Crippen LogP contribution in [0.2, 0.25) is 0 Å². The number of H-pyrrole nitrogens is 1. The second kappa shape index (κ2) is 5.51. The molecule has 0 fully saturated rings. The number of hydrogen-bond acceptors (Lipinski definition) is 5. The van der Waals surface area contributed by atoms with Gasteiger partial charge >= 0.3 is 0 Å². The monoisotopic (exact) mass is 296 g/mol. The Labute approximate surface area is 116 Å². The minimum absolute atomic E-state index is 0.00203. The Morgan fingerprint density at radius 1 is 1.50 bits per heavy atom. The molecule has 0 saturated carbocycles. The molecule has 7 nitrogen and oxygen atoms in total. The molecule has 0 aliphatic rings. The fourth-order valence-corrected chi connectivity index (χ4v) is 3.07. The normalized spacial score (nSPS) is 13.2. The standard InChI is InChI=1S/C12H16N4O3S/c1-2-10(12-14-5-6-15-12)16-20(18,19)8-3-4-11(17)9(13)7-8/h3-7,10,16-17H,2,13H2,1H3,(H,14,15). The third kappa shape index (κ3) is 2.91. The highest BCUT2D eigenvalue weighted by molar-refractivity contribution is 7.89. The zero-order chi connectivity index (χ0) is 14.8. The van der Waals surface area contributed by atoms with E-state index < -0.39 is 16.1 Å². The summed E-state index contributed by atoms with van der Waals surface area (Å²) in [5, 5.41) is 9.33. The Morgan fingerprint density at radius 3 is 2.80 bits per heavy atom. The molecule has 1 aromatic heterocycles. The largest absolute Gasteiger partial charge is 0.506 e. The number of nitrogens with one attached hydrogen (secondary N) is 2. The lowest BCUT2D eigenvalue weighted by atomic mass is 10.2. The number of sulfonamides is 1. The fourth-order valence-electron chi connectivity index (χ4n) is 1.76. The summed E-state index contributed by atoms with van der Waals surface area (Å²) >= 11 is 0. The van der Waals surface area contributed by atoms with Crippen LogP contribution in [0.25, 0.3) is 0 Å². The minimum Gasteiger partial charge on any atom is -0.506 e. The van der Waals surface area contributed by atoms with Gasteiger partial charge in [0.05, 0.1) is 16.6 Å². The van der Waals surface area contributed by atoms with Crippen LogP contribution in [-0.4, -0.2) is 23.5 Å². The van der Waals surface area contributed by atoms with Gasteiger partial charge in [0.1, 0.15) is 11.6 Å². The summed E-state index contributed by atoms with van der Waals surface area (Å²) in [5.41, 5.74) is 5.53. The van der Waals surface area contributed by atoms with Gasteiger partial charge in [-0.2, -0.15) is 0 Å². The van der Waals surface area contributed by atoms with E-state index in [1.54, 1.807) is 12.4 Å². The summed E-state index contributed by atoms with van der Waals surface area (Å²) < 4.78 is 27.1. The van der Waals surface area contributed by atoms with Crippen LogP contribution in [0.3, 0.4) is 0 Å². The van der Waals surface area contributed by atoms with Gasteiger partial charge in [0, 0.05) is 12.4 Å². The van der Waals surface area contributed by atoms with Crippen molar-refractivity contribution in [2.45, 2.75) is 24.3 Å². The highest BCUT2D eigenvalue weighted by atomic mass is 32.2. The van der Waals surface area contributed by atoms with Crippen LogP contribution in [-0.2, 0) is 10.0 Å². The predicted octanol–water partition coefficient (Wildman–Crippen LogP) is 1.13. The molecule has 5 N–H and O–H groups in total. The SMILES string of the molecule is CCC(NS(=O)(=O)c1ccc(O)c(N)c1)c1ncc[nH]1. The molecule has 8 heteroatoms. The summed E-state index contributed by atoms with van der Waals surface area (Å²) in [6.45, 7) is 1.85. The van der Waals surface area contributed by atoms with E-state index in [1.165, 1.54) is 18.2 Å². The van der Waals surface area contributed by atoms with Crippen LogP contribution in [0.4, 0.5) is 5.69 Å². The molecule has 1 heterocycles. The van der Waals surface area contributed by atoms with Gasteiger partial charge in [-0.25, -0.2) is 18.1 Å². The van der Waals surface area contributed by atoms with Gasteiger partial charge in [0.25, 0.3) is 0 Å². The second-order valence-corrected chi connectivity index (χ2v) is 5.99. The zero-order valence-corrected chi connectivity index (χ0v) is 11.7. The van der Waals surface area contributed by atoms with Gasteiger partial charge in [0.15, 0.2) is 0 Å². The van der Waals surface area contributed by atoms with Crippen molar-refractivity contribution in [1.82, 2.24) is 14.7 Å². The quantitative estimate of drug-likeness (QED) is 0.487. The number of anilines is 1. The van der Waals surface area contributed by atoms with Crippen LogP contribution >= 0.6 is 0 Å². The van der Waals surface area contributed by atoms with Crippen LogP contribution < -0.4 is 10.5 Å². The molecule has 1 aromatic carbocycles. The molecule has 0 radical (unpaired) electrons. The summed E-state index contributed by atoms with van der Waals surface area (Å²) in [4.78, 5) is 6.93. The number of hydrogen-bond donors (Lipinski definition) is 4. The number of aromatic hydroxyl groups is 1. The average molecular weight is 296 g/mol. The highest BCUT2D eigenvalue weighted by Gasteiger charge is 2.22. The third-order valence-electron chi connectivity index (χ3n) is 2.86. The van der Waals surface area contributed by atoms with E-state index >= 15 is 0 Å². The highest BCUT2D eigenvalue weighted by Crippen LogP contribution is 2.24. The number of aromatic nitrogens is 2. The van der Waals surface area contributed by atoms with Gasteiger partial charge in [-0.05, 0) is 24.6 Å². The number of phenols is 1. The fraction of sp³-hybridized carbons (Fsp3) is 0.250. The number of imidazole rings is 1. The van der Waals surface area contributed by atoms with E-state index in [2.05, 4.69) is 14.7 Å². The summed E-state index contributed by atoms with van der Waals surface area (Å²) in [5.74, 6) is 0.393. The van der Waals surface area contributed by atoms with Crippen molar-refractivity contribution in [3.8, 4) is 5.75 Å². The number of nitrogens with two attached hydrogens (primary N) is 1. The first-order valence-corrected chi connectivity index (χ1v) is 7.52. The average Bonchev–Trinajstić information content (AvgIpc) is 2.93. The Bertz CT molecular complexity index is 683.